The van der Waals surface area contributed by atoms with Gasteiger partial charge in [0.15, 0.2) is 23.4 Å². The van der Waals surface area contributed by atoms with Crippen molar-refractivity contribution < 1.29 is 28.5 Å². The molecule has 1 fully saturated rings. The molecule has 204 valence electrons. The highest BCUT2D eigenvalue weighted by Crippen LogP contribution is 2.36. The van der Waals surface area contributed by atoms with Gasteiger partial charge in [-0.2, -0.15) is 0 Å². The van der Waals surface area contributed by atoms with Crippen LogP contribution < -0.4 is 15.8 Å². The van der Waals surface area contributed by atoms with Gasteiger partial charge in [0.25, 0.3) is 11.8 Å². The van der Waals surface area contributed by atoms with Gasteiger partial charge in [0, 0.05) is 36.0 Å². The van der Waals surface area contributed by atoms with Gasteiger partial charge in [-0.3, -0.25) is 9.59 Å². The van der Waals surface area contributed by atoms with Gasteiger partial charge in [-0.15, -0.1) is 10.2 Å². The number of anilines is 2. The Morgan fingerprint density at radius 3 is 2.55 bits per heavy atom. The quantitative estimate of drug-likeness (QED) is 0.227. The highest BCUT2D eigenvalue weighted by atomic mass is 35.5. The number of carbonyl (C=O) groups excluding carboxylic acids is 2. The van der Waals surface area contributed by atoms with Crippen molar-refractivity contribution in [2.45, 2.75) is 25.0 Å². The fraction of sp³-hybridized carbons (Fsp3) is 0.231. The Bertz CT molecular complexity index is 1480. The summed E-state index contributed by atoms with van der Waals surface area (Å²) in [7, 11) is 4.99. The predicted octanol–water partition coefficient (Wildman–Crippen LogP) is 3.54. The van der Waals surface area contributed by atoms with Crippen molar-refractivity contribution in [1.82, 2.24) is 15.1 Å². The van der Waals surface area contributed by atoms with Crippen molar-refractivity contribution >= 4 is 54.6 Å². The fourth-order valence-electron chi connectivity index (χ4n) is 3.89. The molecule has 1 aliphatic rings. The van der Waals surface area contributed by atoms with E-state index in [0.717, 1.165) is 6.07 Å². The minimum atomic E-state index is -1.31. The van der Waals surface area contributed by atoms with E-state index in [4.69, 9.17) is 41.7 Å². The molecule has 2 heterocycles. The normalized spacial score (nSPS) is 14.1. The third-order valence-corrected chi connectivity index (χ3v) is 6.71. The first-order chi connectivity index (χ1) is 19.2. The Morgan fingerprint density at radius 1 is 1.18 bits per heavy atom. The Kier molecular flexibility index (Phi) is 9.32. The van der Waals surface area contributed by atoms with Crippen LogP contribution in [0.1, 0.15) is 45.4 Å². The Labute approximate surface area is 240 Å². The molecule has 10 nitrogen and oxygen atoms in total. The van der Waals surface area contributed by atoms with Gasteiger partial charge in [0.1, 0.15) is 5.82 Å². The van der Waals surface area contributed by atoms with E-state index < -0.39 is 17.8 Å². The number of aromatic nitrogens is 2. The van der Waals surface area contributed by atoms with Crippen molar-refractivity contribution in [3.8, 4) is 17.8 Å². The molecular formula is C26H21BCl2FN5O5. The van der Waals surface area contributed by atoms with Crippen molar-refractivity contribution in [3.05, 3.63) is 75.1 Å². The van der Waals surface area contributed by atoms with Crippen LogP contribution in [0.4, 0.5) is 15.9 Å². The summed E-state index contributed by atoms with van der Waals surface area (Å²) in [6.07, 6.45) is 1.50. The van der Waals surface area contributed by atoms with Crippen LogP contribution in [0.3, 0.4) is 0 Å². The average Bonchev–Trinajstić information content (AvgIpc) is 2.95. The van der Waals surface area contributed by atoms with Gasteiger partial charge in [0.2, 0.25) is 0 Å². The maximum Gasteiger partial charge on any atom is 0.392 e. The van der Waals surface area contributed by atoms with E-state index in [1.165, 1.54) is 12.1 Å². The number of likely N-dealkylation sites (tertiary alicyclic amines) is 1. The number of nitrogen functional groups attached to an aromatic ring is 1. The lowest BCUT2D eigenvalue weighted by molar-refractivity contribution is 0.0546. The molecule has 4 N–H and O–H groups in total. The number of nitrogens with two attached hydrogens (primary N) is 1. The van der Waals surface area contributed by atoms with Crippen molar-refractivity contribution in [3.63, 3.8) is 0 Å². The monoisotopic (exact) mass is 583 g/mol. The summed E-state index contributed by atoms with van der Waals surface area (Å²) >= 11 is 12.3. The van der Waals surface area contributed by atoms with E-state index in [2.05, 4.69) is 32.2 Å². The molecule has 1 aromatic heterocycles. The molecule has 3 aromatic rings. The van der Waals surface area contributed by atoms with E-state index in [0.29, 0.717) is 37.2 Å². The molecule has 2 radical (unpaired) electrons. The van der Waals surface area contributed by atoms with Gasteiger partial charge in [-0.25, -0.2) is 4.39 Å². The van der Waals surface area contributed by atoms with E-state index in [1.807, 2.05) is 0 Å². The molecule has 2 amide bonds. The number of hydrogen-bond acceptors (Lipinski definition) is 8. The zero-order chi connectivity index (χ0) is 28.8. The second-order valence-electron chi connectivity index (χ2n) is 8.65. The standard InChI is InChI=1S/C26H21BCl2FN5O5/c27-39-12-9-20(22-17(28)5-6-18(30)23(22)29)40-21-13-19(33-34-24(21)31)25(37)32-15-3-1-14(2-4-15)26(38)35-10-7-16(36)8-11-35/h1-6,13,16,20,36H,7-8,10-11H2,(H2,31,34)(H,32,37)/t20-/m1/s1. The van der Waals surface area contributed by atoms with Crippen LogP contribution in [0.15, 0.2) is 42.5 Å². The third kappa shape index (κ3) is 6.74. The van der Waals surface area contributed by atoms with Gasteiger partial charge in [0.05, 0.1) is 22.3 Å². The number of amides is 2. The SMILES string of the molecule is [B]OC#C[C@@H](Oc1cc(C(=O)Nc2ccc(C(=O)N3CCC(O)CC3)cc2)nnc1N)c1c(Cl)ccc(F)c1Cl. The van der Waals surface area contributed by atoms with Crippen LogP contribution in [-0.2, 0) is 4.65 Å². The summed E-state index contributed by atoms with van der Waals surface area (Å²) < 4.78 is 24.2. The van der Waals surface area contributed by atoms with Crippen molar-refractivity contribution in [1.29, 1.82) is 0 Å². The molecule has 1 atom stereocenters. The average molecular weight is 584 g/mol. The molecule has 4 rings (SSSR count). The first-order valence-corrected chi connectivity index (χ1v) is 12.6. The van der Waals surface area contributed by atoms with Gasteiger partial charge >= 0.3 is 8.05 Å². The van der Waals surface area contributed by atoms with Crippen LogP contribution in [-0.4, -0.2) is 59.3 Å². The second-order valence-corrected chi connectivity index (χ2v) is 9.44. The largest absolute Gasteiger partial charge is 0.527 e. The van der Waals surface area contributed by atoms with E-state index in [9.17, 15) is 19.1 Å². The predicted molar refractivity (Wildman–Crippen MR) is 146 cm³/mol. The Morgan fingerprint density at radius 2 is 1.88 bits per heavy atom. The van der Waals surface area contributed by atoms with Crippen LogP contribution >= 0.6 is 23.2 Å². The number of hydrogen-bond donors (Lipinski definition) is 3. The molecule has 0 bridgehead atoms. The number of carbonyl (C=O) groups is 2. The number of nitrogens with zero attached hydrogens (tertiary/aromatic N) is 3. The summed E-state index contributed by atoms with van der Waals surface area (Å²) in [6, 6.07) is 9.85. The van der Waals surface area contributed by atoms with Crippen molar-refractivity contribution in [2.75, 3.05) is 24.1 Å². The topological polar surface area (TPSA) is 140 Å². The molecule has 0 aliphatic carbocycles. The van der Waals surface area contributed by atoms with Gasteiger partial charge in [-0.05, 0) is 55.2 Å². The first kappa shape index (κ1) is 29.0. The number of halogens is 3. The molecule has 0 spiro atoms. The first-order valence-electron chi connectivity index (χ1n) is 11.9. The Hall–Kier alpha value is -4.05. The van der Waals surface area contributed by atoms with Crippen LogP contribution in [0.25, 0.3) is 0 Å². The zero-order valence-electron chi connectivity index (χ0n) is 20.7. The number of nitrogens with one attached hydrogen (secondary N) is 1. The summed E-state index contributed by atoms with van der Waals surface area (Å²) in [5.74, 6) is 0.585. The number of aliphatic hydroxyl groups excluding tert-OH is 1. The highest BCUT2D eigenvalue weighted by Gasteiger charge is 2.24. The lowest BCUT2D eigenvalue weighted by atomic mass is 10.1. The van der Waals surface area contributed by atoms with Crippen LogP contribution in [0, 0.1) is 17.8 Å². The van der Waals surface area contributed by atoms with E-state index in [-0.39, 0.29) is 44.9 Å². The van der Waals surface area contributed by atoms with Gasteiger partial charge in [-0.1, -0.05) is 23.2 Å². The number of ether oxygens (including phenoxy) is 1. The molecule has 0 unspecified atom stereocenters. The molecule has 14 heteroatoms. The second kappa shape index (κ2) is 12.9. The molecule has 1 saturated heterocycles. The molecule has 40 heavy (non-hydrogen) atoms. The maximum absolute atomic E-state index is 14.1. The minimum Gasteiger partial charge on any atom is -0.527 e. The minimum absolute atomic E-state index is 0.0227. The summed E-state index contributed by atoms with van der Waals surface area (Å²) in [5, 5.41) is 19.5. The highest BCUT2D eigenvalue weighted by molar-refractivity contribution is 6.36. The molecular weight excluding hydrogens is 563 g/mol. The fourth-order valence-corrected chi connectivity index (χ4v) is 4.46. The summed E-state index contributed by atoms with van der Waals surface area (Å²) in [6.45, 7) is 0.948. The van der Waals surface area contributed by atoms with Crippen LogP contribution in [0.2, 0.25) is 10.0 Å². The number of piperidine rings is 1. The third-order valence-electron chi connectivity index (χ3n) is 6.00. The number of rotatable bonds is 6. The lowest BCUT2D eigenvalue weighted by Crippen LogP contribution is -2.40. The van der Waals surface area contributed by atoms with Crippen LogP contribution in [0.5, 0.6) is 5.75 Å². The molecule has 2 aromatic carbocycles. The van der Waals surface area contributed by atoms with Gasteiger partial charge < -0.3 is 30.4 Å². The maximum atomic E-state index is 14.1. The number of aliphatic hydroxyl groups is 1. The molecule has 1 aliphatic heterocycles. The lowest BCUT2D eigenvalue weighted by Gasteiger charge is -2.29. The van der Waals surface area contributed by atoms with E-state index in [1.54, 1.807) is 29.2 Å². The Balaban J connectivity index is 1.50. The molecule has 0 saturated carbocycles. The number of benzene rings is 2. The smallest absolute Gasteiger partial charge is 0.392 e. The van der Waals surface area contributed by atoms with E-state index >= 15 is 0 Å². The van der Waals surface area contributed by atoms with Crippen molar-refractivity contribution in [2.24, 2.45) is 0 Å². The zero-order valence-corrected chi connectivity index (χ0v) is 22.2. The summed E-state index contributed by atoms with van der Waals surface area (Å²) in [4.78, 5) is 27.3. The summed E-state index contributed by atoms with van der Waals surface area (Å²) in [5.41, 5.74) is 6.53.